The second-order valence-corrected chi connectivity index (χ2v) is 11.2. The summed E-state index contributed by atoms with van der Waals surface area (Å²) in [5, 5.41) is 9.38. The second kappa shape index (κ2) is 5.12. The van der Waals surface area contributed by atoms with Gasteiger partial charge in [0, 0.05) is 12.8 Å². The Labute approximate surface area is 106 Å². The van der Waals surface area contributed by atoms with Crippen molar-refractivity contribution in [1.82, 2.24) is 0 Å². The summed E-state index contributed by atoms with van der Waals surface area (Å²) in [5.74, 6) is 0.735. The first-order valence-electron chi connectivity index (χ1n) is 6.29. The van der Waals surface area contributed by atoms with Gasteiger partial charge in [-0.1, -0.05) is 27.4 Å². The Morgan fingerprint density at radius 2 is 2.06 bits per heavy atom. The van der Waals surface area contributed by atoms with Gasteiger partial charge in [0.15, 0.2) is 8.32 Å². The summed E-state index contributed by atoms with van der Waals surface area (Å²) in [7, 11) is -1.74. The molecule has 2 unspecified atom stereocenters. The van der Waals surface area contributed by atoms with Gasteiger partial charge in [-0.05, 0) is 18.1 Å². The average Bonchev–Trinajstić information content (AvgIpc) is 2.14. The summed E-state index contributed by atoms with van der Waals surface area (Å²) in [6, 6.07) is 0. The molecule has 3 nitrogen and oxygen atoms in total. The van der Waals surface area contributed by atoms with Crippen molar-refractivity contribution in [3.63, 3.8) is 0 Å². The minimum atomic E-state index is -1.74. The molecule has 100 valence electrons. The fourth-order valence-electron chi connectivity index (χ4n) is 1.76. The van der Waals surface area contributed by atoms with Crippen molar-refractivity contribution in [2.24, 2.45) is 0 Å². The quantitative estimate of drug-likeness (QED) is 0.791. The molecular formula is C13H26O3Si. The Kier molecular flexibility index (Phi) is 4.44. The van der Waals surface area contributed by atoms with E-state index in [2.05, 4.69) is 40.4 Å². The van der Waals surface area contributed by atoms with Crippen molar-refractivity contribution < 1.29 is 14.3 Å². The highest BCUT2D eigenvalue weighted by Gasteiger charge is 2.40. The number of aliphatic hydroxyl groups is 1. The fraction of sp³-hybridized carbons (Fsp3) is 0.846. The Morgan fingerprint density at radius 1 is 1.47 bits per heavy atom. The third-order valence-corrected chi connectivity index (χ3v) is 8.32. The van der Waals surface area contributed by atoms with E-state index in [9.17, 15) is 5.11 Å². The minimum absolute atomic E-state index is 0.0381. The van der Waals surface area contributed by atoms with Crippen molar-refractivity contribution in [3.05, 3.63) is 12.3 Å². The topological polar surface area (TPSA) is 38.7 Å². The standard InChI is InChI=1S/C13H26O3Si/c1-10-7-11(8-12(9-14)15-10)16-17(5,6)13(2,3)4/h11-12,14H,1,7-9H2,2-6H3. The first-order chi connectivity index (χ1) is 7.65. The van der Waals surface area contributed by atoms with Crippen LogP contribution in [0.1, 0.15) is 33.6 Å². The molecule has 0 aromatic carbocycles. The first kappa shape index (κ1) is 14.7. The molecule has 1 aliphatic rings. The van der Waals surface area contributed by atoms with Gasteiger partial charge in [-0.25, -0.2) is 0 Å². The zero-order valence-electron chi connectivity index (χ0n) is 11.7. The van der Waals surface area contributed by atoms with Gasteiger partial charge in [-0.2, -0.15) is 0 Å². The molecule has 0 aromatic heterocycles. The molecule has 0 aliphatic carbocycles. The molecule has 1 saturated heterocycles. The number of rotatable bonds is 3. The largest absolute Gasteiger partial charge is 0.493 e. The molecule has 1 fully saturated rings. The molecule has 1 heterocycles. The summed E-state index contributed by atoms with van der Waals surface area (Å²) in [4.78, 5) is 0. The molecule has 0 aromatic rings. The summed E-state index contributed by atoms with van der Waals surface area (Å²) < 4.78 is 11.8. The number of hydrogen-bond acceptors (Lipinski definition) is 3. The molecule has 0 saturated carbocycles. The summed E-state index contributed by atoms with van der Waals surface area (Å²) >= 11 is 0. The van der Waals surface area contributed by atoms with E-state index in [-0.39, 0.29) is 23.9 Å². The molecule has 0 radical (unpaired) electrons. The molecule has 1 aliphatic heterocycles. The van der Waals surface area contributed by atoms with Gasteiger partial charge >= 0.3 is 0 Å². The van der Waals surface area contributed by atoms with E-state index in [0.29, 0.717) is 0 Å². The fourth-order valence-corrected chi connectivity index (χ4v) is 3.12. The number of aliphatic hydroxyl groups excluding tert-OH is 1. The minimum Gasteiger partial charge on any atom is -0.493 e. The molecule has 0 spiro atoms. The van der Waals surface area contributed by atoms with Crippen molar-refractivity contribution in [2.45, 2.75) is 64.0 Å². The highest BCUT2D eigenvalue weighted by molar-refractivity contribution is 6.74. The normalized spacial score (nSPS) is 26.8. The van der Waals surface area contributed by atoms with Crippen LogP contribution in [0, 0.1) is 0 Å². The van der Waals surface area contributed by atoms with Crippen LogP contribution in [0.2, 0.25) is 18.1 Å². The van der Waals surface area contributed by atoms with Crippen molar-refractivity contribution in [3.8, 4) is 0 Å². The Morgan fingerprint density at radius 3 is 2.53 bits per heavy atom. The van der Waals surface area contributed by atoms with Gasteiger partial charge in [-0.3, -0.25) is 0 Å². The SMILES string of the molecule is C=C1CC(O[Si](C)(C)C(C)(C)C)CC(CO)O1. The zero-order valence-corrected chi connectivity index (χ0v) is 12.7. The maximum absolute atomic E-state index is 9.17. The third kappa shape index (κ3) is 3.83. The number of hydrogen-bond donors (Lipinski definition) is 1. The van der Waals surface area contributed by atoms with Crippen molar-refractivity contribution >= 4 is 8.32 Å². The maximum atomic E-state index is 9.17. The van der Waals surface area contributed by atoms with Gasteiger partial charge in [-0.15, -0.1) is 0 Å². The van der Waals surface area contributed by atoms with Crippen LogP contribution in [0.15, 0.2) is 12.3 Å². The van der Waals surface area contributed by atoms with Crippen LogP contribution >= 0.6 is 0 Å². The van der Waals surface area contributed by atoms with Gasteiger partial charge in [0.1, 0.15) is 6.10 Å². The second-order valence-electron chi connectivity index (χ2n) is 6.40. The molecular weight excluding hydrogens is 232 g/mol. The Balaban J connectivity index is 2.65. The predicted octanol–water partition coefficient (Wildman–Crippen LogP) is 3.06. The van der Waals surface area contributed by atoms with Crippen molar-refractivity contribution in [1.29, 1.82) is 0 Å². The lowest BCUT2D eigenvalue weighted by molar-refractivity contribution is -0.0199. The van der Waals surface area contributed by atoms with Gasteiger partial charge in [0.05, 0.1) is 18.5 Å². The van der Waals surface area contributed by atoms with E-state index in [1.54, 1.807) is 0 Å². The van der Waals surface area contributed by atoms with Crippen LogP contribution in [0.4, 0.5) is 0 Å². The number of ether oxygens (including phenoxy) is 1. The van der Waals surface area contributed by atoms with Gasteiger partial charge in [0.2, 0.25) is 0 Å². The Bertz CT molecular complexity index is 281. The van der Waals surface area contributed by atoms with E-state index < -0.39 is 8.32 Å². The van der Waals surface area contributed by atoms with Crippen LogP contribution in [0.3, 0.4) is 0 Å². The smallest absolute Gasteiger partial charge is 0.192 e. The molecule has 1 N–H and O–H groups in total. The monoisotopic (exact) mass is 258 g/mol. The van der Waals surface area contributed by atoms with E-state index in [4.69, 9.17) is 9.16 Å². The molecule has 17 heavy (non-hydrogen) atoms. The van der Waals surface area contributed by atoms with E-state index in [1.807, 2.05) is 0 Å². The lowest BCUT2D eigenvalue weighted by Crippen LogP contribution is -2.46. The summed E-state index contributed by atoms with van der Waals surface area (Å²) in [5.41, 5.74) is 0. The molecule has 0 bridgehead atoms. The molecule has 1 rings (SSSR count). The molecule has 2 atom stereocenters. The molecule has 0 amide bonds. The predicted molar refractivity (Wildman–Crippen MR) is 72.4 cm³/mol. The van der Waals surface area contributed by atoms with E-state index in [1.165, 1.54) is 0 Å². The van der Waals surface area contributed by atoms with Crippen LogP contribution < -0.4 is 0 Å². The Hall–Kier alpha value is -0.323. The first-order valence-corrected chi connectivity index (χ1v) is 9.19. The summed E-state index contributed by atoms with van der Waals surface area (Å²) in [6.07, 6.45) is 1.52. The summed E-state index contributed by atoms with van der Waals surface area (Å²) in [6.45, 7) is 15.1. The third-order valence-electron chi connectivity index (χ3n) is 3.79. The van der Waals surface area contributed by atoms with Crippen LogP contribution in [-0.4, -0.2) is 32.2 Å². The van der Waals surface area contributed by atoms with E-state index in [0.717, 1.165) is 18.6 Å². The van der Waals surface area contributed by atoms with Crippen LogP contribution in [0.5, 0.6) is 0 Å². The highest BCUT2D eigenvalue weighted by atomic mass is 28.4. The lowest BCUT2D eigenvalue weighted by atomic mass is 10.1. The van der Waals surface area contributed by atoms with Crippen molar-refractivity contribution in [2.75, 3.05) is 6.61 Å². The van der Waals surface area contributed by atoms with Gasteiger partial charge in [0.25, 0.3) is 0 Å². The zero-order chi connectivity index (χ0) is 13.3. The highest BCUT2D eigenvalue weighted by Crippen LogP contribution is 2.39. The van der Waals surface area contributed by atoms with Crippen LogP contribution in [0.25, 0.3) is 0 Å². The average molecular weight is 258 g/mol. The van der Waals surface area contributed by atoms with Crippen LogP contribution in [-0.2, 0) is 9.16 Å². The maximum Gasteiger partial charge on any atom is 0.192 e. The van der Waals surface area contributed by atoms with Gasteiger partial charge < -0.3 is 14.3 Å². The van der Waals surface area contributed by atoms with E-state index >= 15 is 0 Å². The lowest BCUT2D eigenvalue weighted by Gasteiger charge is -2.41. The molecule has 4 heteroatoms.